The van der Waals surface area contributed by atoms with Crippen molar-refractivity contribution in [1.29, 1.82) is 0 Å². The molecular weight excluding hydrogens is 793 g/mol. The number of rotatable bonds is 52. The Morgan fingerprint density at radius 3 is 0.844 bits per heavy atom. The molecule has 6 nitrogen and oxygen atoms in total. The van der Waals surface area contributed by atoms with Gasteiger partial charge in [0.1, 0.15) is 13.2 Å². The number of hydrogen-bond acceptors (Lipinski definition) is 6. The molecule has 0 bridgehead atoms. The topological polar surface area (TPSA) is 78.9 Å². The molecule has 0 aromatic heterocycles. The van der Waals surface area contributed by atoms with E-state index in [0.29, 0.717) is 19.3 Å². The van der Waals surface area contributed by atoms with Crippen LogP contribution in [0.25, 0.3) is 0 Å². The summed E-state index contributed by atoms with van der Waals surface area (Å²) in [5.74, 6) is -0.867. The summed E-state index contributed by atoms with van der Waals surface area (Å²) in [7, 11) is 0. The molecule has 0 spiro atoms. The summed E-state index contributed by atoms with van der Waals surface area (Å²) in [5, 5.41) is 0. The predicted molar refractivity (Wildman–Crippen MR) is 275 cm³/mol. The molecule has 1 unspecified atom stereocenters. The van der Waals surface area contributed by atoms with Crippen molar-refractivity contribution in [3.05, 3.63) is 24.3 Å². The van der Waals surface area contributed by atoms with E-state index in [2.05, 4.69) is 45.1 Å². The van der Waals surface area contributed by atoms with Crippen LogP contribution in [0.2, 0.25) is 0 Å². The van der Waals surface area contributed by atoms with E-state index >= 15 is 0 Å². The molecule has 6 heteroatoms. The molecule has 0 aliphatic carbocycles. The molecule has 64 heavy (non-hydrogen) atoms. The zero-order valence-electron chi connectivity index (χ0n) is 43.1. The summed E-state index contributed by atoms with van der Waals surface area (Å²) in [6, 6.07) is 0. The van der Waals surface area contributed by atoms with Gasteiger partial charge in [0.15, 0.2) is 6.10 Å². The lowest BCUT2D eigenvalue weighted by Crippen LogP contribution is -2.30. The van der Waals surface area contributed by atoms with Gasteiger partial charge in [0.05, 0.1) is 0 Å². The Kier molecular flexibility index (Phi) is 51.7. The van der Waals surface area contributed by atoms with Crippen molar-refractivity contribution < 1.29 is 28.6 Å². The second kappa shape index (κ2) is 53.5. The van der Waals surface area contributed by atoms with E-state index in [-0.39, 0.29) is 31.1 Å². The highest BCUT2D eigenvalue weighted by molar-refractivity contribution is 5.71. The van der Waals surface area contributed by atoms with E-state index in [1.807, 2.05) is 0 Å². The molecule has 0 radical (unpaired) electrons. The van der Waals surface area contributed by atoms with Crippen molar-refractivity contribution in [3.63, 3.8) is 0 Å². The van der Waals surface area contributed by atoms with Gasteiger partial charge in [0.2, 0.25) is 0 Å². The molecule has 0 amide bonds. The third-order valence-electron chi connectivity index (χ3n) is 12.7. The van der Waals surface area contributed by atoms with Crippen LogP contribution in [-0.4, -0.2) is 37.2 Å². The van der Waals surface area contributed by atoms with Crippen LogP contribution in [0.15, 0.2) is 24.3 Å². The van der Waals surface area contributed by atoms with Gasteiger partial charge in [-0.15, -0.1) is 0 Å². The van der Waals surface area contributed by atoms with Gasteiger partial charge in [-0.25, -0.2) is 0 Å². The fraction of sp³-hybridized carbons (Fsp3) is 0.879. The molecular formula is C58H108O6. The molecule has 0 aromatic carbocycles. The molecule has 0 heterocycles. The summed E-state index contributed by atoms with van der Waals surface area (Å²) in [4.78, 5) is 38.0. The van der Waals surface area contributed by atoms with Crippen LogP contribution in [0.1, 0.15) is 310 Å². The minimum absolute atomic E-state index is 0.0710. The van der Waals surface area contributed by atoms with Gasteiger partial charge in [0, 0.05) is 19.3 Å². The number of hydrogen-bond donors (Lipinski definition) is 0. The summed E-state index contributed by atoms with van der Waals surface area (Å²) < 4.78 is 16.8. The van der Waals surface area contributed by atoms with Crippen LogP contribution in [-0.2, 0) is 28.6 Å². The van der Waals surface area contributed by atoms with Crippen LogP contribution < -0.4 is 0 Å². The third-order valence-corrected chi connectivity index (χ3v) is 12.7. The SMILES string of the molecule is CCC/C=C\CCCCCCCC(=O)OCC(COC(=O)CCCCCCCCCCC/C=C\CCCCCCCCCC)OC(=O)CCCCCCCCCCCCCCCCC. The number of allylic oxidation sites excluding steroid dienone is 4. The van der Waals surface area contributed by atoms with Gasteiger partial charge >= 0.3 is 17.9 Å². The average molecular weight is 901 g/mol. The van der Waals surface area contributed by atoms with Crippen LogP contribution in [0.4, 0.5) is 0 Å². The number of unbranched alkanes of at least 4 members (excludes halogenated alkanes) is 37. The number of esters is 3. The minimum Gasteiger partial charge on any atom is -0.462 e. The minimum atomic E-state index is -0.770. The lowest BCUT2D eigenvalue weighted by Gasteiger charge is -2.18. The largest absolute Gasteiger partial charge is 0.462 e. The Labute approximate surface area is 398 Å². The van der Waals surface area contributed by atoms with Gasteiger partial charge in [0.25, 0.3) is 0 Å². The summed E-state index contributed by atoms with van der Waals surface area (Å²) in [6.45, 7) is 6.61. The standard InChI is InChI=1S/C58H108O6/c1-4-7-10-13-16-19-22-24-26-27-28-29-30-31-33-34-36-39-42-45-48-51-57(60)63-54-55(53-62-56(59)50-47-44-41-38-21-18-15-12-9-6-3)64-58(61)52-49-46-43-40-37-35-32-25-23-20-17-14-11-8-5-2/h12,15,27-28,55H,4-11,13-14,16-26,29-54H2,1-3H3/b15-12-,28-27-. The van der Waals surface area contributed by atoms with Crippen LogP contribution in [0.3, 0.4) is 0 Å². The highest BCUT2D eigenvalue weighted by atomic mass is 16.6. The molecule has 0 rings (SSSR count). The monoisotopic (exact) mass is 901 g/mol. The summed E-state index contributed by atoms with van der Waals surface area (Å²) in [6.07, 6.45) is 61.8. The quantitative estimate of drug-likeness (QED) is 0.0262. The zero-order chi connectivity index (χ0) is 46.5. The van der Waals surface area contributed by atoms with Crippen molar-refractivity contribution in [2.75, 3.05) is 13.2 Å². The van der Waals surface area contributed by atoms with Gasteiger partial charge in [-0.2, -0.15) is 0 Å². The third kappa shape index (κ3) is 50.9. The maximum absolute atomic E-state index is 12.8. The average Bonchev–Trinajstić information content (AvgIpc) is 3.29. The molecule has 0 aromatic rings. The second-order valence-corrected chi connectivity index (χ2v) is 19.2. The molecule has 376 valence electrons. The first kappa shape index (κ1) is 61.9. The first-order chi connectivity index (χ1) is 31.5. The van der Waals surface area contributed by atoms with Crippen molar-refractivity contribution in [3.8, 4) is 0 Å². The first-order valence-corrected chi connectivity index (χ1v) is 28.3. The molecule has 1 atom stereocenters. The van der Waals surface area contributed by atoms with E-state index in [9.17, 15) is 14.4 Å². The fourth-order valence-corrected chi connectivity index (χ4v) is 8.38. The summed E-state index contributed by atoms with van der Waals surface area (Å²) in [5.41, 5.74) is 0. The fourth-order valence-electron chi connectivity index (χ4n) is 8.38. The van der Waals surface area contributed by atoms with Crippen LogP contribution >= 0.6 is 0 Å². The lowest BCUT2D eigenvalue weighted by atomic mass is 10.0. The first-order valence-electron chi connectivity index (χ1n) is 28.3. The molecule has 0 fully saturated rings. The predicted octanol–water partition coefficient (Wildman–Crippen LogP) is 18.7. The van der Waals surface area contributed by atoms with E-state index < -0.39 is 6.10 Å². The Morgan fingerprint density at radius 2 is 0.547 bits per heavy atom. The van der Waals surface area contributed by atoms with Crippen molar-refractivity contribution in [2.24, 2.45) is 0 Å². The van der Waals surface area contributed by atoms with Crippen LogP contribution in [0, 0.1) is 0 Å². The van der Waals surface area contributed by atoms with E-state index in [4.69, 9.17) is 14.2 Å². The van der Waals surface area contributed by atoms with Gasteiger partial charge < -0.3 is 14.2 Å². The molecule has 0 aliphatic heterocycles. The van der Waals surface area contributed by atoms with Crippen molar-refractivity contribution >= 4 is 17.9 Å². The molecule has 0 aliphatic rings. The second-order valence-electron chi connectivity index (χ2n) is 19.2. The van der Waals surface area contributed by atoms with E-state index in [1.54, 1.807) is 0 Å². The van der Waals surface area contributed by atoms with Gasteiger partial charge in [-0.3, -0.25) is 14.4 Å². The molecule has 0 saturated heterocycles. The van der Waals surface area contributed by atoms with E-state index in [0.717, 1.165) is 70.6 Å². The Bertz CT molecular complexity index is 1040. The number of carbonyl (C=O) groups excluding carboxylic acids is 3. The lowest BCUT2D eigenvalue weighted by molar-refractivity contribution is -0.167. The van der Waals surface area contributed by atoms with Gasteiger partial charge in [-0.1, -0.05) is 251 Å². The Morgan fingerprint density at radius 1 is 0.297 bits per heavy atom. The molecule has 0 saturated carbocycles. The maximum Gasteiger partial charge on any atom is 0.306 e. The highest BCUT2D eigenvalue weighted by Gasteiger charge is 2.19. The highest BCUT2D eigenvalue weighted by Crippen LogP contribution is 2.16. The van der Waals surface area contributed by atoms with Gasteiger partial charge in [-0.05, 0) is 64.2 Å². The normalized spacial score (nSPS) is 12.1. The number of carbonyl (C=O) groups is 3. The maximum atomic E-state index is 12.8. The molecule has 0 N–H and O–H groups in total. The van der Waals surface area contributed by atoms with Crippen LogP contribution in [0.5, 0.6) is 0 Å². The van der Waals surface area contributed by atoms with Crippen molar-refractivity contribution in [1.82, 2.24) is 0 Å². The summed E-state index contributed by atoms with van der Waals surface area (Å²) >= 11 is 0. The Balaban J connectivity index is 4.24. The van der Waals surface area contributed by atoms with Crippen molar-refractivity contribution in [2.45, 2.75) is 316 Å². The van der Waals surface area contributed by atoms with E-state index in [1.165, 1.54) is 199 Å². The number of ether oxygens (including phenoxy) is 3. The zero-order valence-corrected chi connectivity index (χ0v) is 43.1. The Hall–Kier alpha value is -2.11. The smallest absolute Gasteiger partial charge is 0.306 e.